The van der Waals surface area contributed by atoms with Gasteiger partial charge in [0.25, 0.3) is 5.91 Å². The lowest BCUT2D eigenvalue weighted by molar-refractivity contribution is -0.118. The number of carbonyl (C=O) groups excluding carboxylic acids is 1. The van der Waals surface area contributed by atoms with E-state index >= 15 is 0 Å². The molecule has 0 aliphatic carbocycles. The minimum Gasteiger partial charge on any atom is -0.485 e. The molecule has 0 aliphatic heterocycles. The summed E-state index contributed by atoms with van der Waals surface area (Å²) in [5.41, 5.74) is 0.939. The molecule has 2 aromatic heterocycles. The third kappa shape index (κ3) is 5.48. The number of rotatable bonds is 7. The largest absolute Gasteiger partial charge is 0.485 e. The second kappa shape index (κ2) is 9.59. The normalized spacial score (nSPS) is 10.4. The van der Waals surface area contributed by atoms with E-state index in [9.17, 15) is 4.79 Å². The molecule has 0 radical (unpaired) electrons. The van der Waals surface area contributed by atoms with Crippen molar-refractivity contribution >= 4 is 46.5 Å². The molecule has 0 fully saturated rings. The predicted octanol–water partition coefficient (Wildman–Crippen LogP) is 5.03. The van der Waals surface area contributed by atoms with E-state index in [1.807, 2.05) is 12.1 Å². The Hall–Kier alpha value is -2.54. The Labute approximate surface area is 176 Å². The molecule has 0 spiro atoms. The number of benzene rings is 1. The summed E-state index contributed by atoms with van der Waals surface area (Å²) in [5, 5.41) is 3.47. The molecule has 1 aromatic carbocycles. The van der Waals surface area contributed by atoms with Gasteiger partial charge in [0.2, 0.25) is 0 Å². The summed E-state index contributed by atoms with van der Waals surface area (Å²) in [6.07, 6.45) is 4.90. The molecule has 28 heavy (non-hydrogen) atoms. The number of halogens is 3. The van der Waals surface area contributed by atoms with Gasteiger partial charge in [0.1, 0.15) is 12.4 Å². The van der Waals surface area contributed by atoms with Crippen LogP contribution in [-0.2, 0) is 11.4 Å². The first kappa shape index (κ1) is 20.2. The molecule has 3 rings (SSSR count). The van der Waals surface area contributed by atoms with Crippen LogP contribution in [0.5, 0.6) is 11.5 Å². The molecule has 1 amide bonds. The Morgan fingerprint density at radius 3 is 2.46 bits per heavy atom. The molecule has 9 heteroatoms. The molecule has 3 aromatic rings. The van der Waals surface area contributed by atoms with Crippen molar-refractivity contribution in [3.05, 3.63) is 75.6 Å². The first-order valence-corrected chi connectivity index (χ1v) is 9.20. The van der Waals surface area contributed by atoms with Crippen molar-refractivity contribution in [2.45, 2.75) is 6.61 Å². The minimum atomic E-state index is -0.436. The fraction of sp³-hybridized carbons (Fsp3) is 0.105. The highest BCUT2D eigenvalue weighted by atomic mass is 35.5. The summed E-state index contributed by atoms with van der Waals surface area (Å²) in [4.78, 5) is 20.3. The average molecular weight is 439 g/mol. The first-order chi connectivity index (χ1) is 13.5. The monoisotopic (exact) mass is 437 g/mol. The van der Waals surface area contributed by atoms with Gasteiger partial charge in [-0.1, -0.05) is 34.8 Å². The van der Waals surface area contributed by atoms with Gasteiger partial charge in [0.05, 0.1) is 15.1 Å². The quantitative estimate of drug-likeness (QED) is 0.524. The van der Waals surface area contributed by atoms with Gasteiger partial charge >= 0.3 is 0 Å². The minimum absolute atomic E-state index is 0.251. The predicted molar refractivity (Wildman–Crippen MR) is 108 cm³/mol. The van der Waals surface area contributed by atoms with Gasteiger partial charge in [0, 0.05) is 24.7 Å². The number of carbonyl (C=O) groups is 1. The Kier molecular flexibility index (Phi) is 6.92. The summed E-state index contributed by atoms with van der Waals surface area (Å²) in [6, 6.07) is 9.99. The zero-order valence-corrected chi connectivity index (χ0v) is 16.6. The van der Waals surface area contributed by atoms with Crippen LogP contribution in [0, 0.1) is 0 Å². The second-order valence-corrected chi connectivity index (χ2v) is 6.75. The Bertz CT molecular complexity index is 971. The lowest BCUT2D eigenvalue weighted by Crippen LogP contribution is -2.21. The van der Waals surface area contributed by atoms with E-state index in [4.69, 9.17) is 44.3 Å². The molecule has 6 nitrogen and oxygen atoms in total. The van der Waals surface area contributed by atoms with Gasteiger partial charge in [-0.25, -0.2) is 4.98 Å². The summed E-state index contributed by atoms with van der Waals surface area (Å²) in [7, 11) is 0. The van der Waals surface area contributed by atoms with Crippen LogP contribution in [0.1, 0.15) is 5.56 Å². The summed E-state index contributed by atoms with van der Waals surface area (Å²) < 4.78 is 11.1. The maximum absolute atomic E-state index is 12.2. The van der Waals surface area contributed by atoms with Crippen molar-refractivity contribution in [1.82, 2.24) is 9.97 Å². The molecule has 144 valence electrons. The Balaban J connectivity index is 1.60. The van der Waals surface area contributed by atoms with Crippen LogP contribution in [-0.4, -0.2) is 22.5 Å². The highest BCUT2D eigenvalue weighted by Gasteiger charge is 2.12. The molecule has 0 saturated heterocycles. The average Bonchev–Trinajstić information content (AvgIpc) is 2.70. The van der Waals surface area contributed by atoms with Crippen LogP contribution in [0.15, 0.2) is 55.0 Å². The van der Waals surface area contributed by atoms with Crippen LogP contribution in [0.4, 0.5) is 5.82 Å². The van der Waals surface area contributed by atoms with E-state index in [1.165, 1.54) is 12.1 Å². The van der Waals surface area contributed by atoms with Crippen molar-refractivity contribution in [1.29, 1.82) is 0 Å². The van der Waals surface area contributed by atoms with Crippen LogP contribution in [0.3, 0.4) is 0 Å². The number of anilines is 1. The smallest absolute Gasteiger partial charge is 0.263 e. The van der Waals surface area contributed by atoms with E-state index in [-0.39, 0.29) is 28.2 Å². The Morgan fingerprint density at radius 2 is 1.68 bits per heavy atom. The van der Waals surface area contributed by atoms with Gasteiger partial charge in [-0.2, -0.15) is 0 Å². The van der Waals surface area contributed by atoms with E-state index < -0.39 is 5.91 Å². The lowest BCUT2D eigenvalue weighted by Gasteiger charge is -2.12. The first-order valence-electron chi connectivity index (χ1n) is 8.07. The third-order valence-corrected chi connectivity index (χ3v) is 4.52. The summed E-state index contributed by atoms with van der Waals surface area (Å²) in [5.74, 6) is 0.529. The molecule has 0 saturated carbocycles. The number of pyridine rings is 2. The topological polar surface area (TPSA) is 73.3 Å². The van der Waals surface area contributed by atoms with Crippen molar-refractivity contribution in [3.8, 4) is 11.5 Å². The van der Waals surface area contributed by atoms with Gasteiger partial charge in [-0.3, -0.25) is 9.78 Å². The number of ether oxygens (including phenoxy) is 2. The van der Waals surface area contributed by atoms with Gasteiger partial charge in [-0.05, 0) is 35.9 Å². The van der Waals surface area contributed by atoms with Gasteiger partial charge < -0.3 is 14.8 Å². The van der Waals surface area contributed by atoms with Crippen LogP contribution in [0.2, 0.25) is 15.1 Å². The van der Waals surface area contributed by atoms with Gasteiger partial charge in [0.15, 0.2) is 18.2 Å². The molecule has 0 unspecified atom stereocenters. The molecular formula is C19H14Cl3N3O3. The van der Waals surface area contributed by atoms with Crippen molar-refractivity contribution in [3.63, 3.8) is 0 Å². The Morgan fingerprint density at radius 1 is 0.929 bits per heavy atom. The maximum Gasteiger partial charge on any atom is 0.263 e. The summed E-state index contributed by atoms with van der Waals surface area (Å²) >= 11 is 17.8. The highest BCUT2D eigenvalue weighted by Crippen LogP contribution is 2.33. The molecular weight excluding hydrogens is 425 g/mol. The number of nitrogens with one attached hydrogen (secondary N) is 1. The third-order valence-electron chi connectivity index (χ3n) is 3.51. The van der Waals surface area contributed by atoms with E-state index in [0.717, 1.165) is 5.56 Å². The van der Waals surface area contributed by atoms with Gasteiger partial charge in [-0.15, -0.1) is 0 Å². The number of amides is 1. The van der Waals surface area contributed by atoms with Crippen LogP contribution in [0.25, 0.3) is 0 Å². The van der Waals surface area contributed by atoms with Crippen molar-refractivity contribution in [2.24, 2.45) is 0 Å². The lowest BCUT2D eigenvalue weighted by atomic mass is 10.3. The maximum atomic E-state index is 12.2. The molecule has 0 aliphatic rings. The highest BCUT2D eigenvalue weighted by molar-refractivity contribution is 6.43. The summed E-state index contributed by atoms with van der Waals surface area (Å²) in [6.45, 7) is 0.0184. The van der Waals surface area contributed by atoms with E-state index in [0.29, 0.717) is 17.4 Å². The number of aromatic nitrogens is 2. The van der Waals surface area contributed by atoms with Crippen LogP contribution < -0.4 is 14.8 Å². The van der Waals surface area contributed by atoms with E-state index in [1.54, 1.807) is 30.7 Å². The molecule has 1 N–H and O–H groups in total. The van der Waals surface area contributed by atoms with Crippen molar-refractivity contribution < 1.29 is 14.3 Å². The molecule has 2 heterocycles. The fourth-order valence-electron chi connectivity index (χ4n) is 2.17. The van der Waals surface area contributed by atoms with Crippen molar-refractivity contribution in [2.75, 3.05) is 11.9 Å². The molecule has 0 atom stereocenters. The second-order valence-electron chi connectivity index (χ2n) is 5.53. The zero-order valence-electron chi connectivity index (χ0n) is 14.4. The molecule has 0 bridgehead atoms. The number of nitrogens with zero attached hydrogens (tertiary/aromatic N) is 2. The standard InChI is InChI=1S/C19H14Cl3N3O3/c20-13-8-15(22)17(9-14(13)21)28-11-18(26)25-19-16(2-1-5-24-19)27-10-12-3-6-23-7-4-12/h1-9H,10-11H2,(H,24,25,26). The number of hydrogen-bond acceptors (Lipinski definition) is 5. The number of hydrogen-bond donors (Lipinski definition) is 1. The fourth-order valence-corrected chi connectivity index (χ4v) is 2.76. The van der Waals surface area contributed by atoms with Crippen LogP contribution >= 0.6 is 34.8 Å². The zero-order chi connectivity index (χ0) is 19.9. The SMILES string of the molecule is O=C(COc1cc(Cl)c(Cl)cc1Cl)Nc1ncccc1OCc1ccncc1. The van der Waals surface area contributed by atoms with E-state index in [2.05, 4.69) is 15.3 Å².